The zero-order chi connectivity index (χ0) is 74.4. The number of anilines is 12. The van der Waals surface area contributed by atoms with Crippen LogP contribution >= 0.6 is 0 Å². The SMILES string of the molecule is C=CC(=O)Nc1cc(Nc2nccc(N3CC(C)(C)c4ccccc43)n2)c(OC)cc1N(C)CCN(C)C.C=CC(=O)Nc1cc(Nc2nccc(N3CC(C)(C)c4ccccc43)n2)c(OC)cc1N(C)CCN(C)C.CO.CO.CO.CS(=O)(=O)O.CS(=O)(=O)O.CS(=O)(=O)O. The molecule has 6 aromatic rings. The van der Waals surface area contributed by atoms with E-state index in [1.165, 1.54) is 23.3 Å². The highest BCUT2D eigenvalue weighted by atomic mass is 32.2. The van der Waals surface area contributed by atoms with Crippen LogP contribution in [0.15, 0.2) is 123 Å². The molecule has 0 spiro atoms. The Hall–Kier alpha value is -8.61. The largest absolute Gasteiger partial charge is 0.494 e. The van der Waals surface area contributed by atoms with Gasteiger partial charge >= 0.3 is 0 Å². The van der Waals surface area contributed by atoms with E-state index in [0.717, 1.165) is 95.0 Å². The molecule has 33 heteroatoms. The van der Waals surface area contributed by atoms with E-state index in [-0.39, 0.29) is 22.6 Å². The summed E-state index contributed by atoms with van der Waals surface area (Å²) in [4.78, 5) is 55.9. The van der Waals surface area contributed by atoms with E-state index in [1.807, 2.05) is 78.7 Å². The average Bonchev–Trinajstić information content (AvgIpc) is 1.64. The third-order valence-corrected chi connectivity index (χ3v) is 13.4. The number of fused-ring (bicyclic) bond motifs is 2. The van der Waals surface area contributed by atoms with Gasteiger partial charge in [0, 0.05) is 121 Å². The van der Waals surface area contributed by atoms with Gasteiger partial charge in [-0.3, -0.25) is 23.2 Å². The molecule has 0 unspecified atom stereocenters. The molecule has 0 atom stereocenters. The van der Waals surface area contributed by atoms with Crippen molar-refractivity contribution in [2.24, 2.45) is 0 Å². The lowest BCUT2D eigenvalue weighted by molar-refractivity contribution is -0.112. The van der Waals surface area contributed by atoms with E-state index < -0.39 is 30.4 Å². The zero-order valence-electron chi connectivity index (χ0n) is 58.5. The van der Waals surface area contributed by atoms with Gasteiger partial charge in [0.1, 0.15) is 23.1 Å². The van der Waals surface area contributed by atoms with E-state index in [1.54, 1.807) is 26.6 Å². The Bertz CT molecular complexity index is 3570. The Morgan fingerprint density at radius 1 is 0.526 bits per heavy atom. The molecule has 8 rings (SSSR count). The first-order valence-corrected chi connectivity index (χ1v) is 34.9. The molecule has 30 nitrogen and oxygen atoms in total. The van der Waals surface area contributed by atoms with Gasteiger partial charge in [0.25, 0.3) is 30.4 Å². The third kappa shape index (κ3) is 30.1. The van der Waals surface area contributed by atoms with Crippen LogP contribution in [0.4, 0.5) is 69.0 Å². The van der Waals surface area contributed by atoms with Gasteiger partial charge < -0.3 is 75.5 Å². The van der Waals surface area contributed by atoms with E-state index in [9.17, 15) is 34.8 Å². The van der Waals surface area contributed by atoms with Gasteiger partial charge in [-0.2, -0.15) is 35.2 Å². The predicted octanol–water partition coefficient (Wildman–Crippen LogP) is 6.90. The van der Waals surface area contributed by atoms with Crippen LogP contribution in [0.5, 0.6) is 11.5 Å². The maximum Gasteiger partial charge on any atom is 0.261 e. The zero-order valence-corrected chi connectivity index (χ0v) is 61.0. The number of amides is 2. The van der Waals surface area contributed by atoms with Gasteiger partial charge in [0.2, 0.25) is 23.7 Å². The summed E-state index contributed by atoms with van der Waals surface area (Å²) in [5, 5.41) is 33.5. The number of benzene rings is 4. The highest BCUT2D eigenvalue weighted by Crippen LogP contribution is 2.46. The van der Waals surface area contributed by atoms with Crippen LogP contribution in [0.3, 0.4) is 0 Å². The number of aromatic nitrogens is 4. The molecule has 4 heterocycles. The smallest absolute Gasteiger partial charge is 0.261 e. The summed E-state index contributed by atoms with van der Waals surface area (Å²) in [5.74, 6) is 3.09. The van der Waals surface area contributed by atoms with Crippen molar-refractivity contribution in [3.8, 4) is 11.5 Å². The quantitative estimate of drug-likeness (QED) is 0.0274. The van der Waals surface area contributed by atoms with Crippen molar-refractivity contribution in [2.75, 3.05) is 177 Å². The predicted molar refractivity (Wildman–Crippen MR) is 388 cm³/mol. The number of para-hydroxylation sites is 2. The van der Waals surface area contributed by atoms with Gasteiger partial charge in [-0.05, 0) is 87.9 Å². The minimum atomic E-state index is -3.67. The molecule has 0 aliphatic carbocycles. The maximum absolute atomic E-state index is 12.3. The number of carbonyl (C=O) groups is 2. The van der Waals surface area contributed by atoms with Crippen molar-refractivity contribution in [3.63, 3.8) is 0 Å². The van der Waals surface area contributed by atoms with Crippen LogP contribution in [0, 0.1) is 0 Å². The molecule has 0 radical (unpaired) electrons. The number of aliphatic hydroxyl groups excluding tert-OH is 3. The monoisotopic (exact) mass is 1410 g/mol. The first-order chi connectivity index (χ1) is 45.2. The Labute approximate surface area is 572 Å². The number of ether oxygens (including phenoxy) is 2. The van der Waals surface area contributed by atoms with Gasteiger partial charge in [0.05, 0.1) is 67.1 Å². The van der Waals surface area contributed by atoms with Gasteiger partial charge in [-0.1, -0.05) is 77.3 Å². The van der Waals surface area contributed by atoms with Crippen molar-refractivity contribution < 1.29 is 73.3 Å². The summed E-state index contributed by atoms with van der Waals surface area (Å²) < 4.78 is 89.1. The highest BCUT2D eigenvalue weighted by molar-refractivity contribution is 7.85. The molecule has 0 saturated heterocycles. The molecule has 538 valence electrons. The molecule has 4 aromatic carbocycles. The molecule has 10 N–H and O–H groups in total. The lowest BCUT2D eigenvalue weighted by Gasteiger charge is -2.26. The number of aliphatic hydroxyl groups is 3. The van der Waals surface area contributed by atoms with Crippen molar-refractivity contribution in [2.45, 2.75) is 38.5 Å². The Kier molecular flexibility index (Phi) is 35.8. The number of likely N-dealkylation sites (N-methyl/N-ethyl adjacent to an activating group) is 4. The van der Waals surface area contributed by atoms with Crippen LogP contribution in [0.25, 0.3) is 0 Å². The fraction of sp³-hybridized carbons (Fsp3) is 0.406. The number of nitrogens with zero attached hydrogens (tertiary/aromatic N) is 10. The minimum absolute atomic E-state index is 0.00502. The molecule has 0 fully saturated rings. The van der Waals surface area contributed by atoms with Gasteiger partial charge in [0.15, 0.2) is 0 Å². The van der Waals surface area contributed by atoms with Crippen LogP contribution in [0.2, 0.25) is 0 Å². The number of methoxy groups -OCH3 is 2. The number of rotatable bonds is 20. The van der Waals surface area contributed by atoms with Crippen LogP contribution in [-0.4, -0.2) is 232 Å². The summed E-state index contributed by atoms with van der Waals surface area (Å²) in [6.07, 6.45) is 8.14. The molecule has 2 aliphatic heterocycles. The lowest BCUT2D eigenvalue weighted by Crippen LogP contribution is -2.29. The van der Waals surface area contributed by atoms with Crippen molar-refractivity contribution in [1.29, 1.82) is 0 Å². The standard InChI is InChI=1S/2C29H37N7O2.3CH4O3S.3CH4O/c2*1-8-27(37)31-21-17-22(25(38-7)18-24(21)35(6)16-15-34(4)5)32-28-30-14-13-26(33-28)36-19-29(2,3)20-11-9-10-12-23(20)36;3*1-5(2,3)4;3*1-2/h2*8-14,17-18H,1,15-16,19H2,2-7H3,(H,31,37)(H,30,32,33);3*1H3,(H,2,3,4);3*2H,1H3. The second kappa shape index (κ2) is 40.2. The van der Waals surface area contributed by atoms with E-state index >= 15 is 0 Å². The fourth-order valence-electron chi connectivity index (χ4n) is 9.27. The van der Waals surface area contributed by atoms with Crippen LogP contribution in [0.1, 0.15) is 38.8 Å². The second-order valence-corrected chi connectivity index (χ2v) is 27.3. The third-order valence-electron chi connectivity index (χ3n) is 13.4. The molecule has 0 bridgehead atoms. The highest BCUT2D eigenvalue weighted by Gasteiger charge is 2.37. The summed E-state index contributed by atoms with van der Waals surface area (Å²) in [6.45, 7) is 21.0. The van der Waals surface area contributed by atoms with Gasteiger partial charge in [-0.15, -0.1) is 0 Å². The Balaban J connectivity index is 0.000000753. The Morgan fingerprint density at radius 2 is 0.825 bits per heavy atom. The summed E-state index contributed by atoms with van der Waals surface area (Å²) in [5.41, 5.74) is 9.10. The number of nitrogens with one attached hydrogen (secondary N) is 4. The molecular weight excluding hydrogens is 1320 g/mol. The molecule has 97 heavy (non-hydrogen) atoms. The summed E-state index contributed by atoms with van der Waals surface area (Å²) >= 11 is 0. The van der Waals surface area contributed by atoms with Crippen molar-refractivity contribution >= 4 is 111 Å². The minimum Gasteiger partial charge on any atom is -0.494 e. The normalized spacial score (nSPS) is 12.7. The topological polar surface area (TPSA) is 396 Å². The fourth-order valence-corrected chi connectivity index (χ4v) is 9.27. The first kappa shape index (κ1) is 86.4. The molecule has 0 saturated carbocycles. The van der Waals surface area contributed by atoms with Crippen LogP contribution in [-0.2, 0) is 50.8 Å². The molecule has 2 amide bonds. The van der Waals surface area contributed by atoms with Gasteiger partial charge in [-0.25, -0.2) is 9.97 Å². The first-order valence-electron chi connectivity index (χ1n) is 29.3. The average molecular weight is 1420 g/mol. The van der Waals surface area contributed by atoms with Crippen molar-refractivity contribution in [1.82, 2.24) is 29.7 Å². The number of hydrogen-bond donors (Lipinski definition) is 10. The summed E-state index contributed by atoms with van der Waals surface area (Å²) in [7, 11) is 7.30. The van der Waals surface area contributed by atoms with E-state index in [0.29, 0.717) is 64.9 Å². The van der Waals surface area contributed by atoms with Crippen LogP contribution < -0.4 is 50.3 Å². The Morgan fingerprint density at radius 3 is 1.10 bits per heavy atom. The molecule has 2 aromatic heterocycles. The summed E-state index contributed by atoms with van der Waals surface area (Å²) in [6, 6.07) is 28.2. The molecule has 2 aliphatic rings. The number of carbonyl (C=O) groups excluding carboxylic acids is 2. The van der Waals surface area contributed by atoms with E-state index in [4.69, 9.17) is 48.4 Å². The maximum atomic E-state index is 12.3. The lowest BCUT2D eigenvalue weighted by atomic mass is 9.87. The van der Waals surface area contributed by atoms with E-state index in [2.05, 4.69) is 150 Å². The van der Waals surface area contributed by atoms with Crippen molar-refractivity contribution in [3.05, 3.63) is 134 Å². The molecular formula is C64H98N14O16S3. The number of hydrogen-bond acceptors (Lipinski definition) is 25. The second-order valence-electron chi connectivity index (χ2n) is 22.9.